The van der Waals surface area contributed by atoms with Crippen LogP contribution in [0.3, 0.4) is 0 Å². The number of halogens is 1. The van der Waals surface area contributed by atoms with Gasteiger partial charge in [-0.05, 0) is 0 Å². The van der Waals surface area contributed by atoms with E-state index in [-0.39, 0.29) is 21.3 Å². The molecule has 1 aromatic carbocycles. The van der Waals surface area contributed by atoms with Crippen LogP contribution in [0.5, 0.6) is 0 Å². The van der Waals surface area contributed by atoms with E-state index in [1.807, 2.05) is 13.8 Å². The molecule has 0 aromatic heterocycles. The minimum Gasteiger partial charge on any atom is -0.545 e. The van der Waals surface area contributed by atoms with Gasteiger partial charge in [0.15, 0.2) is 0 Å². The SMILES string of the molecule is CCC(Cl)[CH](C)[Cu+2].O=C([O-])c1ccccc1C(=O)[O-]. The summed E-state index contributed by atoms with van der Waals surface area (Å²) in [7, 11) is 0. The first kappa shape index (κ1) is 18.0. The van der Waals surface area contributed by atoms with Crippen LogP contribution in [0.2, 0.25) is 4.82 Å². The Morgan fingerprint density at radius 2 is 1.58 bits per heavy atom. The molecule has 0 aliphatic carbocycles. The zero-order valence-corrected chi connectivity index (χ0v) is 12.2. The van der Waals surface area contributed by atoms with E-state index in [0.29, 0.717) is 0 Å². The first-order chi connectivity index (χ1) is 8.81. The van der Waals surface area contributed by atoms with Crippen molar-refractivity contribution in [3.05, 3.63) is 35.4 Å². The molecule has 0 saturated heterocycles. The molecular weight excluding hydrogens is 319 g/mol. The number of hydrogen-bond donors (Lipinski definition) is 0. The summed E-state index contributed by atoms with van der Waals surface area (Å²) in [6.45, 7) is 3.98. The van der Waals surface area contributed by atoms with Crippen molar-refractivity contribution in [3.8, 4) is 0 Å². The summed E-state index contributed by atoms with van der Waals surface area (Å²) in [5.41, 5.74) is -0.727. The van der Waals surface area contributed by atoms with Crippen molar-refractivity contribution in [2.24, 2.45) is 0 Å². The van der Waals surface area contributed by atoms with Gasteiger partial charge in [-0.3, -0.25) is 0 Å². The monoisotopic (exact) mass is 332 g/mol. The number of benzene rings is 1. The Bertz CT molecular complexity index is 401. The van der Waals surface area contributed by atoms with Crippen LogP contribution in [0.15, 0.2) is 24.3 Å². The smallest absolute Gasteiger partial charge is 0.0721 e. The Kier molecular flexibility index (Phi) is 8.48. The van der Waals surface area contributed by atoms with Crippen LogP contribution in [-0.4, -0.2) is 17.3 Å². The van der Waals surface area contributed by atoms with E-state index < -0.39 is 11.9 Å². The van der Waals surface area contributed by atoms with E-state index in [1.54, 1.807) is 0 Å². The number of rotatable bonds is 4. The molecule has 4 nitrogen and oxygen atoms in total. The number of aromatic carboxylic acids is 2. The number of carboxylic acids is 2. The van der Waals surface area contributed by atoms with Crippen LogP contribution in [0.1, 0.15) is 41.0 Å². The molecule has 0 radical (unpaired) electrons. The van der Waals surface area contributed by atoms with Gasteiger partial charge in [0, 0.05) is 11.1 Å². The molecule has 108 valence electrons. The van der Waals surface area contributed by atoms with Crippen molar-refractivity contribution >= 4 is 23.5 Å². The molecule has 2 unspecified atom stereocenters. The second kappa shape index (κ2) is 8.97. The molecule has 0 bridgehead atoms. The fraction of sp³-hybridized carbons (Fsp3) is 0.385. The van der Waals surface area contributed by atoms with Crippen LogP contribution in [0, 0.1) is 0 Å². The standard InChI is InChI=1S/C8H6O4.C5H10Cl.Cu/c9-7(10)5-3-1-2-4-6(5)8(11)12;1-3-5(6)4-2;/h1-4H,(H,9,10)(H,11,12);3,5H,4H2,1-2H3;/q;;+2/p-2. The molecule has 0 aliphatic heterocycles. The Balaban J connectivity index is 0.000000399. The molecular formula is C13H14ClCuO4. The maximum atomic E-state index is 10.3. The molecule has 0 heterocycles. The Morgan fingerprint density at radius 3 is 1.74 bits per heavy atom. The second-order valence-corrected chi connectivity index (χ2v) is 5.07. The fourth-order valence-electron chi connectivity index (χ4n) is 1.15. The van der Waals surface area contributed by atoms with Gasteiger partial charge in [-0.15, -0.1) is 0 Å². The van der Waals surface area contributed by atoms with Crippen molar-refractivity contribution in [2.75, 3.05) is 0 Å². The van der Waals surface area contributed by atoms with Crippen molar-refractivity contribution in [1.29, 1.82) is 0 Å². The molecule has 0 N–H and O–H groups in total. The van der Waals surface area contributed by atoms with Crippen LogP contribution in [0.25, 0.3) is 0 Å². The summed E-state index contributed by atoms with van der Waals surface area (Å²) in [5, 5.41) is 20.8. The number of alkyl halides is 1. The fourth-order valence-corrected chi connectivity index (χ4v) is 1.37. The Morgan fingerprint density at radius 1 is 1.21 bits per heavy atom. The third kappa shape index (κ3) is 6.62. The van der Waals surface area contributed by atoms with E-state index in [0.717, 1.165) is 18.6 Å². The Hall–Kier alpha value is -1.03. The molecule has 1 aromatic rings. The van der Waals surface area contributed by atoms with E-state index >= 15 is 0 Å². The van der Waals surface area contributed by atoms with Gasteiger partial charge in [0.2, 0.25) is 0 Å². The summed E-state index contributed by atoms with van der Waals surface area (Å²) < 4.78 is 0. The third-order valence-corrected chi connectivity index (χ3v) is 3.44. The molecule has 0 saturated carbocycles. The zero-order chi connectivity index (χ0) is 15.0. The maximum absolute atomic E-state index is 10.3. The van der Waals surface area contributed by atoms with E-state index in [2.05, 4.69) is 0 Å². The van der Waals surface area contributed by atoms with E-state index in [1.165, 1.54) is 12.1 Å². The minimum absolute atomic E-state index is 0.181. The number of carbonyl (C=O) groups excluding carboxylic acids is 2. The van der Waals surface area contributed by atoms with E-state index in [9.17, 15) is 19.8 Å². The van der Waals surface area contributed by atoms with Gasteiger partial charge in [-0.2, -0.15) is 0 Å². The van der Waals surface area contributed by atoms with Crippen LogP contribution >= 0.6 is 11.6 Å². The summed E-state index contributed by atoms with van der Waals surface area (Å²) >= 11 is 10.7. The zero-order valence-electron chi connectivity index (χ0n) is 10.5. The van der Waals surface area contributed by atoms with Crippen LogP contribution in [-0.2, 0) is 16.0 Å². The first-order valence-corrected chi connectivity index (χ1v) is 6.54. The minimum atomic E-state index is -1.52. The Labute approximate surface area is 125 Å². The molecule has 0 amide bonds. The van der Waals surface area contributed by atoms with Gasteiger partial charge in [0.05, 0.1) is 11.9 Å². The molecule has 6 heteroatoms. The maximum Gasteiger partial charge on any atom is 0.0721 e. The van der Waals surface area contributed by atoms with Gasteiger partial charge in [-0.1, -0.05) is 24.3 Å². The normalized spacial score (nSPS) is 12.9. The van der Waals surface area contributed by atoms with Crippen molar-refractivity contribution < 1.29 is 35.8 Å². The van der Waals surface area contributed by atoms with Crippen molar-refractivity contribution in [2.45, 2.75) is 30.5 Å². The van der Waals surface area contributed by atoms with Crippen molar-refractivity contribution in [3.63, 3.8) is 0 Å². The molecule has 1 rings (SSSR count). The van der Waals surface area contributed by atoms with E-state index in [4.69, 9.17) is 27.6 Å². The molecule has 2 atom stereocenters. The third-order valence-electron chi connectivity index (χ3n) is 2.23. The van der Waals surface area contributed by atoms with Gasteiger partial charge >= 0.3 is 58.1 Å². The van der Waals surface area contributed by atoms with Crippen LogP contribution < -0.4 is 10.2 Å². The topological polar surface area (TPSA) is 80.3 Å². The number of hydrogen-bond acceptors (Lipinski definition) is 4. The molecule has 0 aliphatic rings. The molecule has 0 spiro atoms. The largest absolute Gasteiger partial charge is 0.545 e. The number of carboxylic acid groups (broad SMARTS) is 2. The summed E-state index contributed by atoms with van der Waals surface area (Å²) in [6.07, 6.45) is 0.973. The van der Waals surface area contributed by atoms with Gasteiger partial charge in [0.1, 0.15) is 0 Å². The molecule has 0 fully saturated rings. The average Bonchev–Trinajstić information content (AvgIpc) is 2.38. The predicted molar refractivity (Wildman–Crippen MR) is 64.5 cm³/mol. The van der Waals surface area contributed by atoms with Gasteiger partial charge in [0.25, 0.3) is 0 Å². The summed E-state index contributed by atoms with van der Waals surface area (Å²) in [5.74, 6) is -3.04. The first-order valence-electron chi connectivity index (χ1n) is 5.56. The van der Waals surface area contributed by atoms with Crippen LogP contribution in [0.4, 0.5) is 0 Å². The van der Waals surface area contributed by atoms with Gasteiger partial charge in [-0.25, -0.2) is 0 Å². The number of carbonyl (C=O) groups is 2. The van der Waals surface area contributed by atoms with Gasteiger partial charge < -0.3 is 19.8 Å². The summed E-state index contributed by atoms with van der Waals surface area (Å²) in [6, 6.07) is 5.14. The predicted octanol–water partition coefficient (Wildman–Crippen LogP) is 0.773. The average molecular weight is 333 g/mol. The quantitative estimate of drug-likeness (QED) is 0.602. The second-order valence-electron chi connectivity index (χ2n) is 3.65. The van der Waals surface area contributed by atoms with Crippen molar-refractivity contribution in [1.82, 2.24) is 0 Å². The summed E-state index contributed by atoms with van der Waals surface area (Å²) in [4.78, 5) is 20.8. The molecule has 19 heavy (non-hydrogen) atoms.